The van der Waals surface area contributed by atoms with Gasteiger partial charge in [0.1, 0.15) is 11.6 Å². The summed E-state index contributed by atoms with van der Waals surface area (Å²) in [5.74, 6) is 5.08. The van der Waals surface area contributed by atoms with E-state index in [0.29, 0.717) is 17.7 Å². The second-order valence-corrected chi connectivity index (χ2v) is 2.54. The van der Waals surface area contributed by atoms with Crippen molar-refractivity contribution in [2.45, 2.75) is 6.42 Å². The average molecular weight is 185 g/mol. The summed E-state index contributed by atoms with van der Waals surface area (Å²) in [4.78, 5) is 4.38. The molecule has 2 N–H and O–H groups in total. The first-order valence-electron chi connectivity index (χ1n) is 3.92. The largest absolute Gasteiger partial charge is 0.496 e. The molecule has 0 amide bonds. The highest BCUT2D eigenvalue weighted by Crippen LogP contribution is 2.21. The lowest BCUT2D eigenvalue weighted by molar-refractivity contribution is 0.140. The third-order valence-corrected chi connectivity index (χ3v) is 1.77. The molecule has 0 radical (unpaired) electrons. The molecule has 0 unspecified atom stereocenters. The Balaban J connectivity index is 2.87. The number of ether oxygens (including phenoxy) is 1. The highest BCUT2D eigenvalue weighted by atomic mass is 19.1. The van der Waals surface area contributed by atoms with E-state index in [2.05, 4.69) is 4.84 Å². The van der Waals surface area contributed by atoms with Gasteiger partial charge in [0.15, 0.2) is 0 Å². The van der Waals surface area contributed by atoms with E-state index in [0.717, 1.165) is 0 Å². The van der Waals surface area contributed by atoms with Crippen molar-refractivity contribution < 1.29 is 14.0 Å². The maximum atomic E-state index is 13.2. The summed E-state index contributed by atoms with van der Waals surface area (Å²) < 4.78 is 18.2. The van der Waals surface area contributed by atoms with E-state index in [1.165, 1.54) is 13.2 Å². The van der Waals surface area contributed by atoms with Crippen LogP contribution >= 0.6 is 0 Å². The summed E-state index contributed by atoms with van der Waals surface area (Å²) in [7, 11) is 1.50. The maximum absolute atomic E-state index is 13.2. The van der Waals surface area contributed by atoms with Crippen LogP contribution in [0.5, 0.6) is 5.75 Å². The van der Waals surface area contributed by atoms with E-state index in [9.17, 15) is 4.39 Å². The number of methoxy groups -OCH3 is 1. The van der Waals surface area contributed by atoms with Crippen LogP contribution in [0.4, 0.5) is 4.39 Å². The molecule has 0 saturated heterocycles. The fourth-order valence-corrected chi connectivity index (χ4v) is 1.13. The molecule has 0 heterocycles. The standard InChI is InChI=1S/C9H12FNO2/c1-12-9-4-2-3-8(10)7(9)5-6-13-11/h2-4H,5-6,11H2,1H3. The van der Waals surface area contributed by atoms with Crippen molar-refractivity contribution in [3.8, 4) is 5.75 Å². The number of benzene rings is 1. The molecule has 1 aromatic rings. The minimum absolute atomic E-state index is 0.275. The zero-order valence-corrected chi connectivity index (χ0v) is 7.42. The van der Waals surface area contributed by atoms with Gasteiger partial charge in [-0.05, 0) is 12.1 Å². The van der Waals surface area contributed by atoms with Gasteiger partial charge in [0.25, 0.3) is 0 Å². The molecule has 13 heavy (non-hydrogen) atoms. The predicted molar refractivity (Wildman–Crippen MR) is 46.8 cm³/mol. The lowest BCUT2D eigenvalue weighted by Gasteiger charge is -2.08. The van der Waals surface area contributed by atoms with Gasteiger partial charge in [-0.2, -0.15) is 0 Å². The summed E-state index contributed by atoms with van der Waals surface area (Å²) >= 11 is 0. The summed E-state index contributed by atoms with van der Waals surface area (Å²) in [5.41, 5.74) is 0.496. The van der Waals surface area contributed by atoms with Crippen LogP contribution in [-0.2, 0) is 11.3 Å². The molecule has 0 aliphatic rings. The van der Waals surface area contributed by atoms with Crippen molar-refractivity contribution in [2.24, 2.45) is 5.90 Å². The Morgan fingerprint density at radius 3 is 2.85 bits per heavy atom. The number of rotatable bonds is 4. The van der Waals surface area contributed by atoms with Crippen LogP contribution in [0.25, 0.3) is 0 Å². The molecule has 3 nitrogen and oxygen atoms in total. The van der Waals surface area contributed by atoms with Gasteiger partial charge in [-0.15, -0.1) is 0 Å². The van der Waals surface area contributed by atoms with Crippen LogP contribution in [0.15, 0.2) is 18.2 Å². The first-order chi connectivity index (χ1) is 6.29. The Morgan fingerprint density at radius 1 is 1.46 bits per heavy atom. The second-order valence-electron chi connectivity index (χ2n) is 2.54. The lowest BCUT2D eigenvalue weighted by atomic mass is 10.1. The van der Waals surface area contributed by atoms with Crippen molar-refractivity contribution in [3.63, 3.8) is 0 Å². The minimum atomic E-state index is -0.295. The van der Waals surface area contributed by atoms with Gasteiger partial charge in [-0.1, -0.05) is 6.07 Å². The zero-order valence-electron chi connectivity index (χ0n) is 7.42. The molecular weight excluding hydrogens is 173 g/mol. The number of nitrogens with two attached hydrogens (primary N) is 1. The smallest absolute Gasteiger partial charge is 0.130 e. The molecule has 0 aliphatic heterocycles. The van der Waals surface area contributed by atoms with Gasteiger partial charge >= 0.3 is 0 Å². The Kier molecular flexibility index (Phi) is 3.67. The van der Waals surface area contributed by atoms with Gasteiger partial charge < -0.3 is 9.57 Å². The van der Waals surface area contributed by atoms with Gasteiger partial charge in [0, 0.05) is 12.0 Å². The molecule has 0 bridgehead atoms. The van der Waals surface area contributed by atoms with Gasteiger partial charge in [-0.3, -0.25) is 0 Å². The Bertz CT molecular complexity index is 278. The van der Waals surface area contributed by atoms with Gasteiger partial charge in [0.2, 0.25) is 0 Å². The molecule has 1 aromatic carbocycles. The van der Waals surface area contributed by atoms with Crippen molar-refractivity contribution in [2.75, 3.05) is 13.7 Å². The van der Waals surface area contributed by atoms with Crippen molar-refractivity contribution >= 4 is 0 Å². The minimum Gasteiger partial charge on any atom is -0.496 e. The second kappa shape index (κ2) is 4.79. The summed E-state index contributed by atoms with van der Waals surface area (Å²) in [6.45, 7) is 0.275. The first kappa shape index (κ1) is 9.95. The van der Waals surface area contributed by atoms with E-state index in [1.807, 2.05) is 0 Å². The quantitative estimate of drug-likeness (QED) is 0.718. The predicted octanol–water partition coefficient (Wildman–Crippen LogP) is 1.27. The number of halogens is 1. The fourth-order valence-electron chi connectivity index (χ4n) is 1.13. The number of hydrogen-bond donors (Lipinski definition) is 1. The van der Waals surface area contributed by atoms with Crippen molar-refractivity contribution in [3.05, 3.63) is 29.6 Å². The van der Waals surface area contributed by atoms with Crippen LogP contribution in [-0.4, -0.2) is 13.7 Å². The summed E-state index contributed by atoms with van der Waals surface area (Å²) in [5, 5.41) is 0. The highest BCUT2D eigenvalue weighted by molar-refractivity contribution is 5.34. The topological polar surface area (TPSA) is 44.5 Å². The first-order valence-corrected chi connectivity index (χ1v) is 3.92. The molecule has 0 atom stereocenters. The Hall–Kier alpha value is -1.13. The monoisotopic (exact) mass is 185 g/mol. The molecular formula is C9H12FNO2. The molecule has 0 spiro atoms. The van der Waals surface area contributed by atoms with Crippen LogP contribution in [0.3, 0.4) is 0 Å². The maximum Gasteiger partial charge on any atom is 0.130 e. The van der Waals surface area contributed by atoms with Gasteiger partial charge in [-0.25, -0.2) is 10.3 Å². The fraction of sp³-hybridized carbons (Fsp3) is 0.333. The Morgan fingerprint density at radius 2 is 2.23 bits per heavy atom. The molecule has 0 aromatic heterocycles. The van der Waals surface area contributed by atoms with E-state index >= 15 is 0 Å². The Labute approximate surface area is 76.2 Å². The van der Waals surface area contributed by atoms with Crippen molar-refractivity contribution in [1.29, 1.82) is 0 Å². The van der Waals surface area contributed by atoms with E-state index in [-0.39, 0.29) is 12.4 Å². The van der Waals surface area contributed by atoms with E-state index in [4.69, 9.17) is 10.6 Å². The zero-order chi connectivity index (χ0) is 9.68. The van der Waals surface area contributed by atoms with E-state index < -0.39 is 0 Å². The van der Waals surface area contributed by atoms with Crippen molar-refractivity contribution in [1.82, 2.24) is 0 Å². The molecule has 4 heteroatoms. The molecule has 0 fully saturated rings. The lowest BCUT2D eigenvalue weighted by Crippen LogP contribution is -2.06. The molecule has 0 aliphatic carbocycles. The summed E-state index contributed by atoms with van der Waals surface area (Å²) in [6.07, 6.45) is 0.409. The SMILES string of the molecule is COc1cccc(F)c1CCON. The third kappa shape index (κ3) is 2.40. The van der Waals surface area contributed by atoms with Crippen LogP contribution in [0.1, 0.15) is 5.56 Å². The van der Waals surface area contributed by atoms with Crippen LogP contribution < -0.4 is 10.6 Å². The molecule has 0 saturated carbocycles. The third-order valence-electron chi connectivity index (χ3n) is 1.77. The van der Waals surface area contributed by atoms with E-state index in [1.54, 1.807) is 12.1 Å². The molecule has 1 rings (SSSR count). The average Bonchev–Trinajstić information content (AvgIpc) is 2.15. The molecule has 72 valence electrons. The normalized spacial score (nSPS) is 10.1. The highest BCUT2D eigenvalue weighted by Gasteiger charge is 2.07. The van der Waals surface area contributed by atoms with Gasteiger partial charge in [0.05, 0.1) is 13.7 Å². The van der Waals surface area contributed by atoms with Crippen LogP contribution in [0.2, 0.25) is 0 Å². The summed E-state index contributed by atoms with van der Waals surface area (Å²) in [6, 6.07) is 4.68. The van der Waals surface area contributed by atoms with Crippen LogP contribution in [0, 0.1) is 5.82 Å². The number of hydrogen-bond acceptors (Lipinski definition) is 3.